The molecule has 6 nitrogen and oxygen atoms in total. The van der Waals surface area contributed by atoms with Gasteiger partial charge in [-0.3, -0.25) is 9.69 Å². The second-order valence-electron chi connectivity index (χ2n) is 5.39. The highest BCUT2D eigenvalue weighted by atomic mass is 32.1. The Kier molecular flexibility index (Phi) is 5.35. The van der Waals surface area contributed by atoms with Gasteiger partial charge in [0, 0.05) is 6.54 Å². The van der Waals surface area contributed by atoms with Crippen molar-refractivity contribution in [2.45, 2.75) is 0 Å². The molecule has 1 N–H and O–H groups in total. The molecule has 0 aliphatic rings. The fourth-order valence-corrected chi connectivity index (χ4v) is 2.81. The Morgan fingerprint density at radius 1 is 1.17 bits per heavy atom. The largest absolute Gasteiger partial charge is 0.492 e. The third-order valence-electron chi connectivity index (χ3n) is 3.46. The molecule has 0 spiro atoms. The van der Waals surface area contributed by atoms with Gasteiger partial charge in [0.05, 0.1) is 24.0 Å². The van der Waals surface area contributed by atoms with E-state index in [1.165, 1.54) is 0 Å². The second-order valence-corrected chi connectivity index (χ2v) is 5.91. The van der Waals surface area contributed by atoms with Crippen molar-refractivity contribution in [1.29, 1.82) is 0 Å². The Bertz CT molecular complexity index is 806. The van der Waals surface area contributed by atoms with Crippen LogP contribution in [-0.2, 0) is 4.79 Å². The molecule has 0 saturated carbocycles. The van der Waals surface area contributed by atoms with Crippen molar-refractivity contribution < 1.29 is 9.53 Å². The summed E-state index contributed by atoms with van der Waals surface area (Å²) >= 11 is 1.14. The maximum Gasteiger partial charge on any atom is 0.238 e. The van der Waals surface area contributed by atoms with Crippen LogP contribution in [0.2, 0.25) is 0 Å². The predicted octanol–water partition coefficient (Wildman–Crippen LogP) is 2.64. The summed E-state index contributed by atoms with van der Waals surface area (Å²) in [6, 6.07) is 15.2. The van der Waals surface area contributed by atoms with E-state index in [0.717, 1.165) is 28.5 Å². The average molecular weight is 342 g/mol. The Morgan fingerprint density at radius 3 is 2.83 bits per heavy atom. The minimum absolute atomic E-state index is 0.0855. The van der Waals surface area contributed by atoms with Crippen molar-refractivity contribution in [1.82, 2.24) is 13.6 Å². The first-order valence-corrected chi connectivity index (χ1v) is 8.33. The monoisotopic (exact) mass is 342 g/mol. The Labute approximate surface area is 144 Å². The number of anilines is 1. The van der Waals surface area contributed by atoms with E-state index in [1.54, 1.807) is 0 Å². The lowest BCUT2D eigenvalue weighted by Gasteiger charge is -2.16. The number of rotatable bonds is 7. The number of nitrogens with one attached hydrogen (secondary N) is 1. The molecule has 3 rings (SSSR count). The molecule has 0 aliphatic carbocycles. The lowest BCUT2D eigenvalue weighted by molar-refractivity contribution is -0.117. The van der Waals surface area contributed by atoms with Crippen LogP contribution in [0.4, 0.5) is 5.69 Å². The van der Waals surface area contributed by atoms with Crippen LogP contribution in [0, 0.1) is 0 Å². The molecule has 0 unspecified atom stereocenters. The van der Waals surface area contributed by atoms with Crippen molar-refractivity contribution in [2.75, 3.05) is 32.1 Å². The number of ether oxygens (including phenoxy) is 1. The first-order chi connectivity index (χ1) is 11.7. The van der Waals surface area contributed by atoms with Gasteiger partial charge in [-0.05, 0) is 31.3 Å². The zero-order valence-corrected chi connectivity index (χ0v) is 14.1. The quantitative estimate of drug-likeness (QED) is 0.715. The molecule has 7 heteroatoms. The van der Waals surface area contributed by atoms with Crippen LogP contribution < -0.4 is 10.1 Å². The van der Waals surface area contributed by atoms with E-state index < -0.39 is 0 Å². The van der Waals surface area contributed by atoms with Gasteiger partial charge in [-0.25, -0.2) is 0 Å². The number of aromatic nitrogens is 2. The van der Waals surface area contributed by atoms with Gasteiger partial charge < -0.3 is 10.1 Å². The van der Waals surface area contributed by atoms with Crippen LogP contribution in [0.1, 0.15) is 0 Å². The maximum absolute atomic E-state index is 12.2. The molecule has 0 atom stereocenters. The molecule has 1 amide bonds. The number of likely N-dealkylation sites (N-methyl/N-ethyl adjacent to an activating group) is 1. The van der Waals surface area contributed by atoms with E-state index in [4.69, 9.17) is 4.74 Å². The van der Waals surface area contributed by atoms with Crippen LogP contribution >= 0.6 is 11.7 Å². The van der Waals surface area contributed by atoms with E-state index in [9.17, 15) is 4.79 Å². The normalized spacial score (nSPS) is 10.9. The fraction of sp³-hybridized carbons (Fsp3) is 0.235. The molecule has 0 saturated heterocycles. The number of hydrogen-bond donors (Lipinski definition) is 1. The van der Waals surface area contributed by atoms with Gasteiger partial charge in [-0.2, -0.15) is 8.75 Å². The minimum atomic E-state index is -0.0855. The summed E-state index contributed by atoms with van der Waals surface area (Å²) in [6.45, 7) is 1.47. The molecule has 0 fully saturated rings. The highest BCUT2D eigenvalue weighted by Crippen LogP contribution is 2.20. The molecule has 2 aromatic carbocycles. The van der Waals surface area contributed by atoms with Crippen LogP contribution in [0.5, 0.6) is 5.75 Å². The maximum atomic E-state index is 12.2. The molecule has 124 valence electrons. The number of para-hydroxylation sites is 1. The highest BCUT2D eigenvalue weighted by molar-refractivity contribution is 7.00. The predicted molar refractivity (Wildman–Crippen MR) is 95.5 cm³/mol. The summed E-state index contributed by atoms with van der Waals surface area (Å²) in [7, 11) is 1.89. The summed E-state index contributed by atoms with van der Waals surface area (Å²) in [5.74, 6) is 0.746. The average Bonchev–Trinajstić information content (AvgIpc) is 3.05. The van der Waals surface area contributed by atoms with Crippen molar-refractivity contribution in [2.24, 2.45) is 0 Å². The minimum Gasteiger partial charge on any atom is -0.492 e. The molecular weight excluding hydrogens is 324 g/mol. The number of hydrogen-bond acceptors (Lipinski definition) is 6. The van der Waals surface area contributed by atoms with Crippen molar-refractivity contribution in [3.05, 3.63) is 48.5 Å². The van der Waals surface area contributed by atoms with Gasteiger partial charge in [0.25, 0.3) is 0 Å². The zero-order chi connectivity index (χ0) is 16.8. The van der Waals surface area contributed by atoms with Gasteiger partial charge >= 0.3 is 0 Å². The van der Waals surface area contributed by atoms with E-state index in [-0.39, 0.29) is 12.5 Å². The fourth-order valence-electron chi connectivity index (χ4n) is 2.26. The first kappa shape index (κ1) is 16.4. The standard InChI is InChI=1S/C17H18N4O2S/c1-21(10-11-23-13-6-3-2-4-7-13)12-16(22)18-14-8-5-9-15-17(14)20-24-19-15/h2-9H,10-12H2,1H3,(H,18,22). The van der Waals surface area contributed by atoms with E-state index in [1.807, 2.05) is 60.5 Å². The Hall–Kier alpha value is -2.51. The number of fused-ring (bicyclic) bond motifs is 1. The van der Waals surface area contributed by atoms with Crippen LogP contribution in [-0.4, -0.2) is 46.3 Å². The Morgan fingerprint density at radius 2 is 2.00 bits per heavy atom. The van der Waals surface area contributed by atoms with Crippen molar-refractivity contribution >= 4 is 34.4 Å². The highest BCUT2D eigenvalue weighted by Gasteiger charge is 2.10. The van der Waals surface area contributed by atoms with Crippen LogP contribution in [0.25, 0.3) is 11.0 Å². The van der Waals surface area contributed by atoms with E-state index >= 15 is 0 Å². The molecule has 1 heterocycles. The van der Waals surface area contributed by atoms with Gasteiger partial charge in [0.1, 0.15) is 23.4 Å². The van der Waals surface area contributed by atoms with Crippen molar-refractivity contribution in [3.63, 3.8) is 0 Å². The van der Waals surface area contributed by atoms with Crippen molar-refractivity contribution in [3.8, 4) is 5.75 Å². The summed E-state index contributed by atoms with van der Waals surface area (Å²) < 4.78 is 14.0. The SMILES string of the molecule is CN(CCOc1ccccc1)CC(=O)Nc1cccc2nsnc12. The van der Waals surface area contributed by atoms with Crippen LogP contribution in [0.15, 0.2) is 48.5 Å². The van der Waals surface area contributed by atoms with Crippen LogP contribution in [0.3, 0.4) is 0 Å². The second kappa shape index (κ2) is 7.85. The lowest BCUT2D eigenvalue weighted by atomic mass is 10.2. The van der Waals surface area contributed by atoms with Gasteiger partial charge in [-0.1, -0.05) is 24.3 Å². The molecule has 1 aromatic heterocycles. The molecule has 24 heavy (non-hydrogen) atoms. The number of benzene rings is 2. The number of nitrogens with zero attached hydrogens (tertiary/aromatic N) is 3. The summed E-state index contributed by atoms with van der Waals surface area (Å²) in [5, 5.41) is 2.89. The lowest BCUT2D eigenvalue weighted by Crippen LogP contribution is -2.33. The zero-order valence-electron chi connectivity index (χ0n) is 13.3. The van der Waals surface area contributed by atoms with E-state index in [0.29, 0.717) is 18.8 Å². The first-order valence-electron chi connectivity index (χ1n) is 7.60. The molecule has 3 aromatic rings. The van der Waals surface area contributed by atoms with Gasteiger partial charge in [0.15, 0.2) is 0 Å². The molecular formula is C17H18N4O2S. The molecule has 0 bridgehead atoms. The Balaban J connectivity index is 1.47. The van der Waals surface area contributed by atoms with Gasteiger partial charge in [-0.15, -0.1) is 0 Å². The topological polar surface area (TPSA) is 67.3 Å². The molecule has 0 aliphatic heterocycles. The third-order valence-corrected chi connectivity index (χ3v) is 4.00. The smallest absolute Gasteiger partial charge is 0.238 e. The van der Waals surface area contributed by atoms with Gasteiger partial charge in [0.2, 0.25) is 5.91 Å². The molecule has 0 radical (unpaired) electrons. The number of amides is 1. The number of carbonyl (C=O) groups is 1. The summed E-state index contributed by atoms with van der Waals surface area (Å²) in [6.07, 6.45) is 0. The van der Waals surface area contributed by atoms with E-state index in [2.05, 4.69) is 14.1 Å². The third kappa shape index (κ3) is 4.27. The number of carbonyl (C=O) groups excluding carboxylic acids is 1. The summed E-state index contributed by atoms with van der Waals surface area (Å²) in [5.41, 5.74) is 2.22. The summed E-state index contributed by atoms with van der Waals surface area (Å²) in [4.78, 5) is 14.1.